The lowest BCUT2D eigenvalue weighted by Crippen LogP contribution is -2.50. The largest absolute Gasteiger partial charge is 0.416 e. The van der Waals surface area contributed by atoms with Gasteiger partial charge in [-0.15, -0.1) is 0 Å². The average molecular weight is 419 g/mol. The molecule has 1 aromatic heterocycles. The lowest BCUT2D eigenvalue weighted by molar-refractivity contribution is -0.137. The minimum Gasteiger partial charge on any atom is -0.352 e. The van der Waals surface area contributed by atoms with Gasteiger partial charge in [-0.1, -0.05) is 23.2 Å². The predicted octanol–water partition coefficient (Wildman–Crippen LogP) is 4.76. The quantitative estimate of drug-likeness (QED) is 0.764. The molecule has 1 aliphatic rings. The van der Waals surface area contributed by atoms with Crippen molar-refractivity contribution in [1.29, 1.82) is 0 Å². The van der Waals surface area contributed by atoms with Gasteiger partial charge in [0, 0.05) is 38.1 Å². The van der Waals surface area contributed by atoms with Gasteiger partial charge in [-0.3, -0.25) is 0 Å². The topological polar surface area (TPSA) is 48.5 Å². The Labute approximate surface area is 163 Å². The highest BCUT2D eigenvalue weighted by Gasteiger charge is 2.30. The molecule has 0 aliphatic carbocycles. The Morgan fingerprint density at radius 1 is 1.07 bits per heavy atom. The predicted molar refractivity (Wildman–Crippen MR) is 98.5 cm³/mol. The maximum atomic E-state index is 12.6. The van der Waals surface area contributed by atoms with Gasteiger partial charge in [0.25, 0.3) is 0 Å². The molecule has 2 amide bonds. The molecular weight excluding hydrogens is 404 g/mol. The number of nitrogens with zero attached hydrogens (tertiary/aromatic N) is 3. The van der Waals surface area contributed by atoms with Gasteiger partial charge < -0.3 is 15.1 Å². The number of amides is 2. The SMILES string of the molecule is O=C(Nc1ccc(C(F)(F)F)cc1)N1CCN(c2ncc(Cl)cc2Cl)CC1. The first-order valence-corrected chi connectivity index (χ1v) is 8.79. The number of urea groups is 1. The Kier molecular flexibility index (Phi) is 5.67. The van der Waals surface area contributed by atoms with Crippen LogP contribution in [0.2, 0.25) is 10.0 Å². The Morgan fingerprint density at radius 3 is 2.26 bits per heavy atom. The monoisotopic (exact) mass is 418 g/mol. The van der Waals surface area contributed by atoms with Crippen LogP contribution in [0.15, 0.2) is 36.5 Å². The molecule has 0 unspecified atom stereocenters. The van der Waals surface area contributed by atoms with E-state index in [1.807, 2.05) is 4.90 Å². The van der Waals surface area contributed by atoms with E-state index in [4.69, 9.17) is 23.2 Å². The van der Waals surface area contributed by atoms with Crippen LogP contribution in [0.25, 0.3) is 0 Å². The summed E-state index contributed by atoms with van der Waals surface area (Å²) < 4.78 is 37.7. The second kappa shape index (κ2) is 7.82. The van der Waals surface area contributed by atoms with E-state index in [0.29, 0.717) is 47.7 Å². The lowest BCUT2D eigenvalue weighted by atomic mass is 10.2. The number of aromatic nitrogens is 1. The van der Waals surface area contributed by atoms with E-state index in [2.05, 4.69) is 10.3 Å². The van der Waals surface area contributed by atoms with E-state index >= 15 is 0 Å². The number of rotatable bonds is 2. The first-order valence-electron chi connectivity index (χ1n) is 8.03. The molecule has 0 atom stereocenters. The molecule has 0 spiro atoms. The first-order chi connectivity index (χ1) is 12.7. The third-order valence-corrected chi connectivity index (χ3v) is 4.60. The van der Waals surface area contributed by atoms with Crippen molar-refractivity contribution in [3.63, 3.8) is 0 Å². The van der Waals surface area contributed by atoms with Crippen LogP contribution in [0, 0.1) is 0 Å². The summed E-state index contributed by atoms with van der Waals surface area (Å²) in [5.41, 5.74) is -0.459. The van der Waals surface area contributed by atoms with Gasteiger partial charge in [0.15, 0.2) is 0 Å². The number of halogens is 5. The molecule has 1 aromatic carbocycles. The molecule has 1 N–H and O–H groups in total. The highest BCUT2D eigenvalue weighted by Crippen LogP contribution is 2.30. The van der Waals surface area contributed by atoms with Crippen LogP contribution < -0.4 is 10.2 Å². The number of pyridine rings is 1. The minimum atomic E-state index is -4.41. The number of hydrogen-bond acceptors (Lipinski definition) is 3. The number of carbonyl (C=O) groups excluding carboxylic acids is 1. The molecular formula is C17H15Cl2F3N4O. The molecule has 144 valence electrons. The Morgan fingerprint density at radius 2 is 1.70 bits per heavy atom. The van der Waals surface area contributed by atoms with Crippen molar-refractivity contribution >= 4 is 40.7 Å². The van der Waals surface area contributed by atoms with E-state index in [0.717, 1.165) is 12.1 Å². The molecule has 1 fully saturated rings. The van der Waals surface area contributed by atoms with Gasteiger partial charge in [0.05, 0.1) is 15.6 Å². The molecule has 3 rings (SSSR count). The molecule has 2 aromatic rings. The molecule has 2 heterocycles. The van der Waals surface area contributed by atoms with Gasteiger partial charge in [-0.05, 0) is 30.3 Å². The Hall–Kier alpha value is -2.19. The summed E-state index contributed by atoms with van der Waals surface area (Å²) in [7, 11) is 0. The van der Waals surface area contributed by atoms with Crippen LogP contribution in [0.1, 0.15) is 5.56 Å². The number of benzene rings is 1. The van der Waals surface area contributed by atoms with Gasteiger partial charge in [0.1, 0.15) is 5.82 Å². The molecule has 5 nitrogen and oxygen atoms in total. The highest BCUT2D eigenvalue weighted by molar-refractivity contribution is 6.36. The number of piperazine rings is 1. The maximum Gasteiger partial charge on any atom is 0.416 e. The summed E-state index contributed by atoms with van der Waals surface area (Å²) in [6.07, 6.45) is -2.90. The summed E-state index contributed by atoms with van der Waals surface area (Å²) in [5.74, 6) is 0.601. The van der Waals surface area contributed by atoms with Crippen molar-refractivity contribution in [2.45, 2.75) is 6.18 Å². The zero-order valence-electron chi connectivity index (χ0n) is 13.9. The van der Waals surface area contributed by atoms with Crippen molar-refractivity contribution in [3.05, 3.63) is 52.1 Å². The molecule has 27 heavy (non-hydrogen) atoms. The second-order valence-electron chi connectivity index (χ2n) is 5.94. The van der Waals surface area contributed by atoms with Crippen LogP contribution in [-0.2, 0) is 6.18 Å². The van der Waals surface area contributed by atoms with Crippen LogP contribution in [0.3, 0.4) is 0 Å². The summed E-state index contributed by atoms with van der Waals surface area (Å²) >= 11 is 12.0. The third-order valence-electron chi connectivity index (χ3n) is 4.12. The number of hydrogen-bond donors (Lipinski definition) is 1. The third kappa shape index (κ3) is 4.75. The maximum absolute atomic E-state index is 12.6. The standard InChI is InChI=1S/C17H15Cl2F3N4O/c18-12-9-14(19)15(23-10-12)25-5-7-26(8-6-25)16(27)24-13-3-1-11(2-4-13)17(20,21)22/h1-4,9-10H,5-8H2,(H,24,27). The molecule has 10 heteroatoms. The Bertz CT molecular complexity index is 822. The van der Waals surface area contributed by atoms with Gasteiger partial charge in [0.2, 0.25) is 0 Å². The molecule has 0 saturated carbocycles. The molecule has 1 aliphatic heterocycles. The fourth-order valence-corrected chi connectivity index (χ4v) is 3.21. The van der Waals surface area contributed by atoms with E-state index in [1.165, 1.54) is 18.3 Å². The van der Waals surface area contributed by atoms with Gasteiger partial charge in [-0.2, -0.15) is 13.2 Å². The lowest BCUT2D eigenvalue weighted by Gasteiger charge is -2.35. The van der Waals surface area contributed by atoms with E-state index in [9.17, 15) is 18.0 Å². The van der Waals surface area contributed by atoms with E-state index < -0.39 is 11.7 Å². The minimum absolute atomic E-state index is 0.304. The van der Waals surface area contributed by atoms with E-state index in [1.54, 1.807) is 11.0 Å². The smallest absolute Gasteiger partial charge is 0.352 e. The number of carbonyl (C=O) groups is 1. The molecule has 0 bridgehead atoms. The summed E-state index contributed by atoms with van der Waals surface area (Å²) in [6.45, 7) is 1.89. The highest BCUT2D eigenvalue weighted by atomic mass is 35.5. The van der Waals surface area contributed by atoms with Crippen molar-refractivity contribution in [2.24, 2.45) is 0 Å². The number of anilines is 2. The van der Waals surface area contributed by atoms with Crippen molar-refractivity contribution < 1.29 is 18.0 Å². The van der Waals surface area contributed by atoms with Crippen LogP contribution in [0.4, 0.5) is 29.5 Å². The summed E-state index contributed by atoms with van der Waals surface area (Å²) in [4.78, 5) is 20.1. The van der Waals surface area contributed by atoms with Crippen molar-refractivity contribution in [1.82, 2.24) is 9.88 Å². The Balaban J connectivity index is 1.57. The van der Waals surface area contributed by atoms with Crippen LogP contribution in [0.5, 0.6) is 0 Å². The fraction of sp³-hybridized carbons (Fsp3) is 0.294. The molecule has 1 saturated heterocycles. The van der Waals surface area contributed by atoms with Gasteiger partial charge in [-0.25, -0.2) is 9.78 Å². The van der Waals surface area contributed by atoms with Gasteiger partial charge >= 0.3 is 12.2 Å². The van der Waals surface area contributed by atoms with Crippen molar-refractivity contribution in [3.8, 4) is 0 Å². The average Bonchev–Trinajstić information content (AvgIpc) is 2.61. The zero-order valence-corrected chi connectivity index (χ0v) is 15.4. The second-order valence-corrected chi connectivity index (χ2v) is 6.78. The fourth-order valence-electron chi connectivity index (χ4n) is 2.71. The van der Waals surface area contributed by atoms with Crippen LogP contribution in [-0.4, -0.2) is 42.1 Å². The van der Waals surface area contributed by atoms with E-state index in [-0.39, 0.29) is 6.03 Å². The number of nitrogens with one attached hydrogen (secondary N) is 1. The summed E-state index contributed by atoms with van der Waals surface area (Å²) in [5, 5.41) is 3.48. The summed E-state index contributed by atoms with van der Waals surface area (Å²) in [6, 6.07) is 5.56. The van der Waals surface area contributed by atoms with Crippen LogP contribution >= 0.6 is 23.2 Å². The first kappa shape index (κ1) is 19.6. The molecule has 0 radical (unpaired) electrons. The zero-order chi connectivity index (χ0) is 19.6. The normalized spacial score (nSPS) is 15.0. The number of alkyl halides is 3. The van der Waals surface area contributed by atoms with Crippen molar-refractivity contribution in [2.75, 3.05) is 36.4 Å².